The number of aryl methyl sites for hydroxylation is 1. The van der Waals surface area contributed by atoms with Crippen LogP contribution >= 0.6 is 0 Å². The first-order valence-corrected chi connectivity index (χ1v) is 6.19. The van der Waals surface area contributed by atoms with Crippen molar-refractivity contribution in [1.82, 2.24) is 14.5 Å². The number of rotatable bonds is 0. The fourth-order valence-electron chi connectivity index (χ4n) is 2.29. The third-order valence-corrected chi connectivity index (χ3v) is 3.38. The average molecular weight is 239 g/mol. The van der Waals surface area contributed by atoms with E-state index in [-0.39, 0.29) is 5.41 Å². The molecular weight excluding hydrogens is 222 g/mol. The Hall–Kier alpha value is -1.90. The first kappa shape index (κ1) is 11.2. The van der Waals surface area contributed by atoms with Crippen LogP contribution in [0.2, 0.25) is 0 Å². The van der Waals surface area contributed by atoms with Gasteiger partial charge in [-0.1, -0.05) is 20.8 Å². The van der Waals surface area contributed by atoms with E-state index >= 15 is 0 Å². The summed E-state index contributed by atoms with van der Waals surface area (Å²) in [5, 5.41) is 0. The molecule has 0 aliphatic rings. The van der Waals surface area contributed by atoms with Gasteiger partial charge in [0, 0.05) is 24.4 Å². The van der Waals surface area contributed by atoms with Crippen LogP contribution in [0.25, 0.3) is 22.1 Å². The molecule has 0 N–H and O–H groups in total. The topological polar surface area (TPSA) is 30.7 Å². The lowest BCUT2D eigenvalue weighted by atomic mass is 9.91. The quantitative estimate of drug-likeness (QED) is 0.602. The van der Waals surface area contributed by atoms with Crippen molar-refractivity contribution < 1.29 is 0 Å². The Morgan fingerprint density at radius 2 is 1.72 bits per heavy atom. The Kier molecular flexibility index (Phi) is 2.21. The SMILES string of the molecule is Cn1c2cccnc2c2nc(C(C)(C)C)ccc21. The zero-order valence-corrected chi connectivity index (χ0v) is 11.2. The van der Waals surface area contributed by atoms with Crippen molar-refractivity contribution in [2.45, 2.75) is 26.2 Å². The molecule has 3 heterocycles. The molecule has 0 aliphatic heterocycles. The van der Waals surface area contributed by atoms with E-state index in [0.717, 1.165) is 27.8 Å². The Balaban J connectivity index is 2.44. The molecule has 0 fully saturated rings. The molecule has 0 saturated carbocycles. The summed E-state index contributed by atoms with van der Waals surface area (Å²) in [5.74, 6) is 0. The standard InChI is InChI=1S/C15H17N3/c1-15(2,3)12-8-7-11-14(17-12)13-10(18(11)4)6-5-9-16-13/h5-9H,1-4H3. The molecule has 0 bridgehead atoms. The molecule has 0 spiro atoms. The van der Waals surface area contributed by atoms with E-state index in [1.807, 2.05) is 12.3 Å². The molecule has 0 saturated heterocycles. The largest absolute Gasteiger partial charge is 0.341 e. The summed E-state index contributed by atoms with van der Waals surface area (Å²) in [5.41, 5.74) is 5.42. The summed E-state index contributed by atoms with van der Waals surface area (Å²) in [6, 6.07) is 8.30. The molecule has 0 aliphatic carbocycles. The van der Waals surface area contributed by atoms with Crippen molar-refractivity contribution in [2.75, 3.05) is 0 Å². The van der Waals surface area contributed by atoms with Crippen LogP contribution in [0.3, 0.4) is 0 Å². The van der Waals surface area contributed by atoms with Gasteiger partial charge in [-0.25, -0.2) is 4.98 Å². The van der Waals surface area contributed by atoms with E-state index in [2.05, 4.69) is 55.6 Å². The summed E-state index contributed by atoms with van der Waals surface area (Å²) < 4.78 is 2.15. The second kappa shape index (κ2) is 3.55. The minimum Gasteiger partial charge on any atom is -0.341 e. The van der Waals surface area contributed by atoms with E-state index in [9.17, 15) is 0 Å². The van der Waals surface area contributed by atoms with Gasteiger partial charge in [-0.05, 0) is 24.3 Å². The third kappa shape index (κ3) is 1.50. The lowest BCUT2D eigenvalue weighted by molar-refractivity contribution is 0.571. The first-order valence-electron chi connectivity index (χ1n) is 6.19. The van der Waals surface area contributed by atoms with Crippen molar-refractivity contribution in [3.05, 3.63) is 36.2 Å². The highest BCUT2D eigenvalue weighted by molar-refractivity contribution is 6.03. The summed E-state index contributed by atoms with van der Waals surface area (Å²) in [4.78, 5) is 9.28. The van der Waals surface area contributed by atoms with Crippen LogP contribution in [0.4, 0.5) is 0 Å². The second-order valence-corrected chi connectivity index (χ2v) is 5.74. The smallest absolute Gasteiger partial charge is 0.115 e. The highest BCUT2D eigenvalue weighted by Gasteiger charge is 2.18. The second-order valence-electron chi connectivity index (χ2n) is 5.74. The van der Waals surface area contributed by atoms with Crippen LogP contribution in [0.15, 0.2) is 30.5 Å². The van der Waals surface area contributed by atoms with Gasteiger partial charge in [-0.3, -0.25) is 4.98 Å². The molecule has 3 aromatic rings. The number of nitrogens with zero attached hydrogens (tertiary/aromatic N) is 3. The molecule has 3 heteroatoms. The molecule has 3 rings (SSSR count). The number of hydrogen-bond acceptors (Lipinski definition) is 2. The molecule has 0 unspecified atom stereocenters. The molecule has 3 aromatic heterocycles. The molecule has 92 valence electrons. The van der Waals surface area contributed by atoms with Crippen molar-refractivity contribution in [2.24, 2.45) is 7.05 Å². The molecule has 0 atom stereocenters. The Labute approximate surface area is 106 Å². The molecule has 3 nitrogen and oxygen atoms in total. The molecule has 18 heavy (non-hydrogen) atoms. The summed E-state index contributed by atoms with van der Waals surface area (Å²) in [7, 11) is 2.06. The van der Waals surface area contributed by atoms with E-state index in [4.69, 9.17) is 4.98 Å². The van der Waals surface area contributed by atoms with E-state index < -0.39 is 0 Å². The van der Waals surface area contributed by atoms with Crippen LogP contribution in [0.5, 0.6) is 0 Å². The van der Waals surface area contributed by atoms with Gasteiger partial charge in [0.15, 0.2) is 0 Å². The van der Waals surface area contributed by atoms with Gasteiger partial charge in [-0.2, -0.15) is 0 Å². The normalized spacial score (nSPS) is 12.4. The van der Waals surface area contributed by atoms with Crippen LogP contribution in [0, 0.1) is 0 Å². The van der Waals surface area contributed by atoms with Crippen molar-refractivity contribution in [1.29, 1.82) is 0 Å². The number of fused-ring (bicyclic) bond motifs is 3. The predicted octanol–water partition coefficient (Wildman–Crippen LogP) is 3.42. The fourth-order valence-corrected chi connectivity index (χ4v) is 2.29. The summed E-state index contributed by atoms with van der Waals surface area (Å²) >= 11 is 0. The zero-order chi connectivity index (χ0) is 12.9. The van der Waals surface area contributed by atoms with Gasteiger partial charge < -0.3 is 4.57 Å². The lowest BCUT2D eigenvalue weighted by Gasteiger charge is -2.17. The minimum absolute atomic E-state index is 0.0606. The minimum atomic E-state index is 0.0606. The van der Waals surface area contributed by atoms with E-state index in [1.54, 1.807) is 0 Å². The highest BCUT2D eigenvalue weighted by atomic mass is 15.0. The van der Waals surface area contributed by atoms with Crippen molar-refractivity contribution in [3.63, 3.8) is 0 Å². The number of pyridine rings is 2. The van der Waals surface area contributed by atoms with Gasteiger partial charge in [0.2, 0.25) is 0 Å². The molecule has 0 radical (unpaired) electrons. The monoisotopic (exact) mass is 239 g/mol. The van der Waals surface area contributed by atoms with Gasteiger partial charge in [0.25, 0.3) is 0 Å². The third-order valence-electron chi connectivity index (χ3n) is 3.38. The van der Waals surface area contributed by atoms with Gasteiger partial charge in [0.05, 0.1) is 11.0 Å². The summed E-state index contributed by atoms with van der Waals surface area (Å²) in [6.07, 6.45) is 1.83. The molecule has 0 aromatic carbocycles. The maximum Gasteiger partial charge on any atom is 0.115 e. The Bertz CT molecular complexity index is 732. The van der Waals surface area contributed by atoms with Crippen LogP contribution in [0.1, 0.15) is 26.5 Å². The van der Waals surface area contributed by atoms with E-state index in [1.165, 1.54) is 0 Å². The van der Waals surface area contributed by atoms with Crippen molar-refractivity contribution in [3.8, 4) is 0 Å². The molecular formula is C15H17N3. The lowest BCUT2D eigenvalue weighted by Crippen LogP contribution is -2.13. The maximum atomic E-state index is 4.81. The average Bonchev–Trinajstić information content (AvgIpc) is 2.63. The molecule has 0 amide bonds. The van der Waals surface area contributed by atoms with E-state index in [0.29, 0.717) is 0 Å². The highest BCUT2D eigenvalue weighted by Crippen LogP contribution is 2.28. The Morgan fingerprint density at radius 3 is 2.44 bits per heavy atom. The van der Waals surface area contributed by atoms with Crippen LogP contribution < -0.4 is 0 Å². The Morgan fingerprint density at radius 1 is 1.00 bits per heavy atom. The number of hydrogen-bond donors (Lipinski definition) is 0. The van der Waals surface area contributed by atoms with Gasteiger partial charge in [-0.15, -0.1) is 0 Å². The van der Waals surface area contributed by atoms with Crippen molar-refractivity contribution >= 4 is 22.1 Å². The van der Waals surface area contributed by atoms with Crippen LogP contribution in [-0.4, -0.2) is 14.5 Å². The van der Waals surface area contributed by atoms with Crippen LogP contribution in [-0.2, 0) is 12.5 Å². The fraction of sp³-hybridized carbons (Fsp3) is 0.333. The first-order chi connectivity index (χ1) is 8.48. The van der Waals surface area contributed by atoms with Gasteiger partial charge in [0.1, 0.15) is 11.0 Å². The zero-order valence-electron chi connectivity index (χ0n) is 11.2. The number of aromatic nitrogens is 3. The predicted molar refractivity (Wildman–Crippen MR) is 74.7 cm³/mol. The maximum absolute atomic E-state index is 4.81. The van der Waals surface area contributed by atoms with Gasteiger partial charge >= 0.3 is 0 Å². The summed E-state index contributed by atoms with van der Waals surface area (Å²) in [6.45, 7) is 6.54.